The molecule has 1 saturated heterocycles. The SMILES string of the molecule is CN1CC(NC(=O)c2cccc([N+](=O)[O-])c2N)CCC1=O. The number of para-hydroxylation sites is 1. The Morgan fingerprint density at radius 2 is 2.24 bits per heavy atom. The van der Waals surface area contributed by atoms with E-state index in [0.717, 1.165) is 0 Å². The van der Waals surface area contributed by atoms with Crippen LogP contribution >= 0.6 is 0 Å². The molecule has 0 aliphatic carbocycles. The predicted molar refractivity (Wildman–Crippen MR) is 75.6 cm³/mol. The highest BCUT2D eigenvalue weighted by atomic mass is 16.6. The van der Waals surface area contributed by atoms with E-state index in [2.05, 4.69) is 5.32 Å². The maximum absolute atomic E-state index is 12.2. The van der Waals surface area contributed by atoms with Crippen molar-refractivity contribution in [1.29, 1.82) is 0 Å². The van der Waals surface area contributed by atoms with Crippen LogP contribution in [0.2, 0.25) is 0 Å². The number of hydrogen-bond donors (Lipinski definition) is 2. The van der Waals surface area contributed by atoms with E-state index in [1.165, 1.54) is 18.2 Å². The van der Waals surface area contributed by atoms with E-state index >= 15 is 0 Å². The number of likely N-dealkylation sites (N-methyl/N-ethyl adjacent to an activating group) is 1. The monoisotopic (exact) mass is 292 g/mol. The Labute approximate surface area is 121 Å². The third-order valence-electron chi connectivity index (χ3n) is 3.49. The highest BCUT2D eigenvalue weighted by molar-refractivity contribution is 6.01. The second-order valence-corrected chi connectivity index (χ2v) is 4.98. The maximum Gasteiger partial charge on any atom is 0.292 e. The van der Waals surface area contributed by atoms with E-state index in [0.29, 0.717) is 19.4 Å². The molecular formula is C13H16N4O4. The Morgan fingerprint density at radius 3 is 2.86 bits per heavy atom. The van der Waals surface area contributed by atoms with Gasteiger partial charge in [-0.25, -0.2) is 0 Å². The number of hydrogen-bond acceptors (Lipinski definition) is 5. The van der Waals surface area contributed by atoms with E-state index in [4.69, 9.17) is 5.73 Å². The number of likely N-dealkylation sites (tertiary alicyclic amines) is 1. The fourth-order valence-electron chi connectivity index (χ4n) is 2.30. The van der Waals surface area contributed by atoms with Crippen LogP contribution in [0.4, 0.5) is 11.4 Å². The summed E-state index contributed by atoms with van der Waals surface area (Å²) in [5, 5.41) is 13.6. The fourth-order valence-corrected chi connectivity index (χ4v) is 2.30. The van der Waals surface area contributed by atoms with E-state index in [1.54, 1.807) is 11.9 Å². The summed E-state index contributed by atoms with van der Waals surface area (Å²) in [6.07, 6.45) is 0.912. The van der Waals surface area contributed by atoms with Gasteiger partial charge in [-0.05, 0) is 12.5 Å². The van der Waals surface area contributed by atoms with Crippen LogP contribution in [-0.2, 0) is 4.79 Å². The third-order valence-corrected chi connectivity index (χ3v) is 3.49. The van der Waals surface area contributed by atoms with Gasteiger partial charge in [0.1, 0.15) is 5.69 Å². The average molecular weight is 292 g/mol. The molecule has 0 spiro atoms. The van der Waals surface area contributed by atoms with Gasteiger partial charge in [0, 0.05) is 32.1 Å². The number of carbonyl (C=O) groups excluding carboxylic acids is 2. The summed E-state index contributed by atoms with van der Waals surface area (Å²) in [5.74, 6) is -0.431. The van der Waals surface area contributed by atoms with Gasteiger partial charge < -0.3 is 16.0 Å². The normalized spacial score (nSPS) is 18.4. The minimum absolute atomic E-state index is 0.0374. The van der Waals surface area contributed by atoms with Crippen molar-refractivity contribution < 1.29 is 14.5 Å². The van der Waals surface area contributed by atoms with Crippen LogP contribution in [0.3, 0.4) is 0 Å². The van der Waals surface area contributed by atoms with Gasteiger partial charge in [0.25, 0.3) is 11.6 Å². The molecule has 0 aromatic heterocycles. The molecule has 3 N–H and O–H groups in total. The Balaban J connectivity index is 2.12. The first-order valence-electron chi connectivity index (χ1n) is 6.48. The fraction of sp³-hybridized carbons (Fsp3) is 0.385. The molecule has 1 aliphatic rings. The standard InChI is InChI=1S/C13H16N4O4/c1-16-7-8(5-6-11(16)18)15-13(19)9-3-2-4-10(12(9)14)17(20)21/h2-4,8H,5-7,14H2,1H3,(H,15,19). The van der Waals surface area contributed by atoms with Crippen LogP contribution in [0.15, 0.2) is 18.2 Å². The molecule has 0 saturated carbocycles. The van der Waals surface area contributed by atoms with Gasteiger partial charge in [-0.3, -0.25) is 19.7 Å². The highest BCUT2D eigenvalue weighted by Gasteiger charge is 2.26. The third kappa shape index (κ3) is 3.10. The number of nitrogens with zero attached hydrogens (tertiary/aromatic N) is 2. The van der Waals surface area contributed by atoms with Crippen molar-refractivity contribution >= 4 is 23.2 Å². The lowest BCUT2D eigenvalue weighted by Crippen LogP contribution is -2.48. The number of carbonyl (C=O) groups is 2. The zero-order valence-corrected chi connectivity index (χ0v) is 11.5. The van der Waals surface area contributed by atoms with Gasteiger partial charge in [0.05, 0.1) is 10.5 Å². The maximum atomic E-state index is 12.2. The molecule has 1 atom stereocenters. The molecule has 1 unspecified atom stereocenters. The quantitative estimate of drug-likeness (QED) is 0.478. The summed E-state index contributed by atoms with van der Waals surface area (Å²) >= 11 is 0. The van der Waals surface area contributed by atoms with E-state index in [9.17, 15) is 19.7 Å². The molecule has 2 rings (SSSR count). The van der Waals surface area contributed by atoms with Crippen molar-refractivity contribution in [2.24, 2.45) is 0 Å². The molecule has 0 bridgehead atoms. The van der Waals surface area contributed by atoms with Crippen LogP contribution < -0.4 is 11.1 Å². The van der Waals surface area contributed by atoms with E-state index in [-0.39, 0.29) is 28.9 Å². The highest BCUT2D eigenvalue weighted by Crippen LogP contribution is 2.25. The Bertz CT molecular complexity index is 602. The van der Waals surface area contributed by atoms with Gasteiger partial charge in [-0.1, -0.05) is 6.07 Å². The van der Waals surface area contributed by atoms with Crippen LogP contribution in [0, 0.1) is 10.1 Å². The number of anilines is 1. The van der Waals surface area contributed by atoms with Crippen molar-refractivity contribution in [1.82, 2.24) is 10.2 Å². The van der Waals surface area contributed by atoms with Crippen LogP contribution in [0.1, 0.15) is 23.2 Å². The summed E-state index contributed by atoms with van der Waals surface area (Å²) in [6, 6.07) is 3.92. The Hall–Kier alpha value is -2.64. The molecule has 21 heavy (non-hydrogen) atoms. The van der Waals surface area contributed by atoms with Crippen molar-refractivity contribution in [2.45, 2.75) is 18.9 Å². The number of nitrogen functional groups attached to an aromatic ring is 1. The predicted octanol–water partition coefficient (Wildman–Crippen LogP) is 0.528. The van der Waals surface area contributed by atoms with Gasteiger partial charge in [0.2, 0.25) is 5.91 Å². The molecule has 0 radical (unpaired) electrons. The lowest BCUT2D eigenvalue weighted by atomic mass is 10.0. The van der Waals surface area contributed by atoms with Crippen molar-refractivity contribution in [3.05, 3.63) is 33.9 Å². The zero-order valence-electron chi connectivity index (χ0n) is 11.5. The number of amides is 2. The second kappa shape index (κ2) is 5.78. The topological polar surface area (TPSA) is 119 Å². The second-order valence-electron chi connectivity index (χ2n) is 4.98. The van der Waals surface area contributed by atoms with E-state index < -0.39 is 10.8 Å². The number of nitro groups is 1. The van der Waals surface area contributed by atoms with Gasteiger partial charge in [-0.15, -0.1) is 0 Å². The molecule has 1 fully saturated rings. The number of rotatable bonds is 3. The average Bonchev–Trinajstić information content (AvgIpc) is 2.42. The van der Waals surface area contributed by atoms with Crippen LogP contribution in [0.5, 0.6) is 0 Å². The minimum atomic E-state index is -0.626. The number of nitro benzene ring substituents is 1. The van der Waals surface area contributed by atoms with Crippen LogP contribution in [-0.4, -0.2) is 41.3 Å². The molecule has 1 aromatic carbocycles. The lowest BCUT2D eigenvalue weighted by Gasteiger charge is -2.30. The number of nitrogens with one attached hydrogen (secondary N) is 1. The summed E-state index contributed by atoms with van der Waals surface area (Å²) < 4.78 is 0. The molecule has 1 heterocycles. The Kier molecular flexibility index (Phi) is 4.06. The first kappa shape index (κ1) is 14.8. The summed E-state index contributed by atoms with van der Waals surface area (Å²) in [4.78, 5) is 35.3. The molecule has 8 nitrogen and oxygen atoms in total. The van der Waals surface area contributed by atoms with Gasteiger partial charge in [-0.2, -0.15) is 0 Å². The lowest BCUT2D eigenvalue weighted by molar-refractivity contribution is -0.383. The van der Waals surface area contributed by atoms with Crippen molar-refractivity contribution in [3.8, 4) is 0 Å². The molecule has 112 valence electrons. The van der Waals surface area contributed by atoms with Gasteiger partial charge >= 0.3 is 0 Å². The van der Waals surface area contributed by atoms with Crippen molar-refractivity contribution in [3.63, 3.8) is 0 Å². The molecule has 2 amide bonds. The molecular weight excluding hydrogens is 276 g/mol. The number of benzene rings is 1. The first-order chi connectivity index (χ1) is 9.90. The molecule has 1 aliphatic heterocycles. The number of nitrogens with two attached hydrogens (primary N) is 1. The Morgan fingerprint density at radius 1 is 1.52 bits per heavy atom. The van der Waals surface area contributed by atoms with Gasteiger partial charge in [0.15, 0.2) is 0 Å². The minimum Gasteiger partial charge on any atom is -0.393 e. The van der Waals surface area contributed by atoms with Crippen LogP contribution in [0.25, 0.3) is 0 Å². The number of piperidine rings is 1. The summed E-state index contributed by atoms with van der Waals surface area (Å²) in [5.41, 5.74) is 5.30. The molecule has 8 heteroatoms. The summed E-state index contributed by atoms with van der Waals surface area (Å²) in [6.45, 7) is 0.416. The smallest absolute Gasteiger partial charge is 0.292 e. The largest absolute Gasteiger partial charge is 0.393 e. The summed E-state index contributed by atoms with van der Waals surface area (Å²) in [7, 11) is 1.67. The first-order valence-corrected chi connectivity index (χ1v) is 6.48. The molecule has 1 aromatic rings. The zero-order chi connectivity index (χ0) is 15.6. The van der Waals surface area contributed by atoms with Crippen molar-refractivity contribution in [2.75, 3.05) is 19.3 Å². The van der Waals surface area contributed by atoms with E-state index in [1.807, 2.05) is 0 Å².